The number of carbonyl (C=O) groups is 3. The predicted molar refractivity (Wildman–Crippen MR) is 159 cm³/mol. The number of nitrogens with zero attached hydrogens (tertiary/aromatic N) is 1. The maximum Gasteiger partial charge on any atom is 0.490 e. The Labute approximate surface area is 265 Å². The molecule has 9 nitrogen and oxygen atoms in total. The molecule has 0 radical (unpaired) electrons. The first-order valence-electron chi connectivity index (χ1n) is 13.6. The second kappa shape index (κ2) is 13.5. The highest BCUT2D eigenvalue weighted by Gasteiger charge is 2.65. The summed E-state index contributed by atoms with van der Waals surface area (Å²) in [5.74, 6) is -5.52. The van der Waals surface area contributed by atoms with Crippen LogP contribution < -0.4 is 22.1 Å². The molecule has 1 spiro atoms. The molecule has 0 unspecified atom stereocenters. The minimum atomic E-state index is -5.08. The summed E-state index contributed by atoms with van der Waals surface area (Å²) in [5, 5.41) is 13.2. The molecule has 4 rings (SSSR count). The Morgan fingerprint density at radius 2 is 1.64 bits per heavy atom. The fourth-order valence-electron chi connectivity index (χ4n) is 5.81. The number of nitrogens with two attached hydrogens (primary N) is 2. The Kier molecular flexibility index (Phi) is 10.8. The van der Waals surface area contributed by atoms with E-state index in [-0.39, 0.29) is 40.2 Å². The fourth-order valence-corrected chi connectivity index (χ4v) is 6.16. The zero-order valence-electron chi connectivity index (χ0n) is 24.4. The third kappa shape index (κ3) is 7.85. The molecule has 1 amide bonds. The highest BCUT2D eigenvalue weighted by molar-refractivity contribution is 6.31. The lowest BCUT2D eigenvalue weighted by molar-refractivity contribution is -0.192. The summed E-state index contributed by atoms with van der Waals surface area (Å²) in [7, 11) is 0. The number of aliphatic carboxylic acids is 1. The minimum Gasteiger partial charge on any atom is -0.475 e. The van der Waals surface area contributed by atoms with Crippen LogP contribution in [-0.2, 0) is 19.8 Å². The van der Waals surface area contributed by atoms with E-state index in [1.54, 1.807) is 0 Å². The van der Waals surface area contributed by atoms with Crippen LogP contribution in [0, 0.1) is 17.0 Å². The summed E-state index contributed by atoms with van der Waals surface area (Å²) in [6.07, 6.45) is -4.09. The second-order valence-electron chi connectivity index (χ2n) is 11.9. The highest BCUT2D eigenvalue weighted by Crippen LogP contribution is 2.57. The van der Waals surface area contributed by atoms with Crippen LogP contribution in [0.3, 0.4) is 0 Å². The number of amides is 1. The van der Waals surface area contributed by atoms with Gasteiger partial charge in [0.05, 0.1) is 16.1 Å². The first-order chi connectivity index (χ1) is 20.7. The molecule has 16 heteroatoms. The smallest absolute Gasteiger partial charge is 0.475 e. The van der Waals surface area contributed by atoms with E-state index in [0.717, 1.165) is 0 Å². The topological polar surface area (TPSA) is 160 Å². The van der Waals surface area contributed by atoms with Crippen LogP contribution in [0.5, 0.6) is 0 Å². The Hall–Kier alpha value is -3.49. The Bertz CT molecular complexity index is 1510. The van der Waals surface area contributed by atoms with E-state index < -0.39 is 53.1 Å². The van der Waals surface area contributed by atoms with Crippen molar-refractivity contribution in [2.75, 3.05) is 11.9 Å². The SMILES string of the molecule is CC(C)(C)C[C@H]1N[C@@H](C(=O)CCCN=C(N)N)[C@H](c2ccc(F)c(Cl)c2)[C@@]12C(=O)Nc1cc(Cl)c(F)cc12.O=C(O)C(F)(F)F. The van der Waals surface area contributed by atoms with Gasteiger partial charge in [-0.1, -0.05) is 50.0 Å². The number of hydrogen-bond acceptors (Lipinski definition) is 5. The molecule has 246 valence electrons. The van der Waals surface area contributed by atoms with Crippen molar-refractivity contribution in [3.63, 3.8) is 0 Å². The Morgan fingerprint density at radius 3 is 2.18 bits per heavy atom. The first kappa shape index (κ1) is 36.0. The molecule has 2 aliphatic heterocycles. The van der Waals surface area contributed by atoms with Crippen LogP contribution in [0.15, 0.2) is 35.3 Å². The summed E-state index contributed by atoms with van der Waals surface area (Å²) in [4.78, 5) is 40.6. The molecule has 1 saturated heterocycles. The molecule has 2 aromatic rings. The molecule has 0 saturated carbocycles. The molecular weight excluding hydrogens is 648 g/mol. The van der Waals surface area contributed by atoms with Crippen molar-refractivity contribution in [3.8, 4) is 0 Å². The van der Waals surface area contributed by atoms with Gasteiger partial charge in [-0.2, -0.15) is 13.2 Å². The van der Waals surface area contributed by atoms with Gasteiger partial charge in [0.15, 0.2) is 11.7 Å². The molecule has 2 aliphatic rings. The lowest BCUT2D eigenvalue weighted by atomic mass is 9.62. The predicted octanol–water partition coefficient (Wildman–Crippen LogP) is 5.28. The average molecular weight is 681 g/mol. The number of nitrogens with one attached hydrogen (secondary N) is 2. The van der Waals surface area contributed by atoms with Crippen molar-refractivity contribution in [2.45, 2.75) is 69.6 Å². The number of anilines is 1. The van der Waals surface area contributed by atoms with Crippen LogP contribution in [0.25, 0.3) is 0 Å². The van der Waals surface area contributed by atoms with E-state index >= 15 is 0 Å². The number of rotatable bonds is 7. The van der Waals surface area contributed by atoms with Gasteiger partial charge in [0.1, 0.15) is 17.0 Å². The molecule has 0 aliphatic carbocycles. The zero-order chi connectivity index (χ0) is 34.1. The monoisotopic (exact) mass is 679 g/mol. The summed E-state index contributed by atoms with van der Waals surface area (Å²) in [5.41, 5.74) is 10.4. The fraction of sp³-hybridized carbons (Fsp3) is 0.448. The number of ketones is 1. The molecular formula is C29H32Cl2F5N5O4. The minimum absolute atomic E-state index is 0.0700. The number of hydrogen-bond donors (Lipinski definition) is 5. The van der Waals surface area contributed by atoms with Crippen molar-refractivity contribution >= 4 is 52.5 Å². The van der Waals surface area contributed by atoms with Gasteiger partial charge in [-0.25, -0.2) is 13.6 Å². The molecule has 45 heavy (non-hydrogen) atoms. The van der Waals surface area contributed by atoms with Gasteiger partial charge in [-0.05, 0) is 53.6 Å². The van der Waals surface area contributed by atoms with Crippen LogP contribution >= 0.6 is 23.2 Å². The average Bonchev–Trinajstić information content (AvgIpc) is 3.37. The van der Waals surface area contributed by atoms with E-state index in [1.165, 1.54) is 30.3 Å². The number of aliphatic imine (C=N–C) groups is 1. The number of guanidine groups is 1. The number of halogens is 7. The van der Waals surface area contributed by atoms with Crippen LogP contribution in [0.1, 0.15) is 57.1 Å². The van der Waals surface area contributed by atoms with E-state index in [2.05, 4.69) is 15.6 Å². The second-order valence-corrected chi connectivity index (χ2v) is 12.7. The lowest BCUT2D eigenvalue weighted by Crippen LogP contribution is -2.49. The highest BCUT2D eigenvalue weighted by atomic mass is 35.5. The van der Waals surface area contributed by atoms with E-state index in [0.29, 0.717) is 29.7 Å². The number of carboxylic acid groups (broad SMARTS) is 1. The molecule has 1 fully saturated rings. The summed E-state index contributed by atoms with van der Waals surface area (Å²) in [6, 6.07) is 5.39. The molecule has 0 bridgehead atoms. The quantitative estimate of drug-likeness (QED) is 0.115. The van der Waals surface area contributed by atoms with Gasteiger partial charge in [0.2, 0.25) is 5.91 Å². The van der Waals surface area contributed by atoms with Crippen molar-refractivity contribution < 1.29 is 41.4 Å². The van der Waals surface area contributed by atoms with Crippen molar-refractivity contribution in [1.82, 2.24) is 5.32 Å². The van der Waals surface area contributed by atoms with E-state index in [9.17, 15) is 31.5 Å². The lowest BCUT2D eigenvalue weighted by Gasteiger charge is -2.37. The van der Waals surface area contributed by atoms with Gasteiger partial charge in [0.25, 0.3) is 0 Å². The van der Waals surface area contributed by atoms with Gasteiger partial charge in [0, 0.05) is 30.6 Å². The molecule has 2 aromatic carbocycles. The largest absolute Gasteiger partial charge is 0.490 e. The molecule has 2 heterocycles. The standard InChI is InChI=1S/C27H31Cl2F2N5O2.C2HF3O2/c1-26(2,3)12-21-27(14-10-18(31)16(29)11-19(14)35-24(27)38)22(13-6-7-17(30)15(28)9-13)23(36-21)20(37)5-4-8-34-25(32)33;3-2(4,5)1(6)7/h6-7,9-11,21-23,36H,4-5,8,12H2,1-3H3,(H,35,38)(H4,32,33,34);(H,6,7)/t21-,22+,23+,27+;/m1./s1. The molecule has 4 atom stereocenters. The number of fused-ring (bicyclic) bond motifs is 2. The van der Waals surface area contributed by atoms with Crippen LogP contribution in [-0.4, -0.2) is 53.5 Å². The summed E-state index contributed by atoms with van der Waals surface area (Å²) in [6.45, 7) is 6.32. The molecule has 0 aromatic heterocycles. The van der Waals surface area contributed by atoms with Crippen molar-refractivity contribution in [3.05, 3.63) is 63.1 Å². The van der Waals surface area contributed by atoms with E-state index in [1.807, 2.05) is 20.8 Å². The number of benzene rings is 2. The van der Waals surface area contributed by atoms with Crippen molar-refractivity contribution in [1.29, 1.82) is 0 Å². The summed E-state index contributed by atoms with van der Waals surface area (Å²) < 4.78 is 60.9. The number of alkyl halides is 3. The maximum atomic E-state index is 14.9. The third-order valence-electron chi connectivity index (χ3n) is 7.47. The van der Waals surface area contributed by atoms with Crippen LogP contribution in [0.2, 0.25) is 10.0 Å². The number of Topliss-reactive ketones (excluding diaryl/α,β-unsaturated/α-hetero) is 1. The summed E-state index contributed by atoms with van der Waals surface area (Å²) >= 11 is 12.2. The van der Waals surface area contributed by atoms with Gasteiger partial charge >= 0.3 is 12.1 Å². The normalized spacial score (nSPS) is 22.4. The number of carboxylic acids is 1. The van der Waals surface area contributed by atoms with Crippen LogP contribution in [0.4, 0.5) is 27.6 Å². The first-order valence-corrected chi connectivity index (χ1v) is 14.4. The van der Waals surface area contributed by atoms with Gasteiger partial charge < -0.3 is 27.2 Å². The number of carbonyl (C=O) groups excluding carboxylic acids is 2. The zero-order valence-corrected chi connectivity index (χ0v) is 25.9. The van der Waals surface area contributed by atoms with Crippen molar-refractivity contribution in [2.24, 2.45) is 21.9 Å². The van der Waals surface area contributed by atoms with Gasteiger partial charge in [-0.15, -0.1) is 0 Å². The Balaban J connectivity index is 0.000000707. The maximum absolute atomic E-state index is 14.9. The van der Waals surface area contributed by atoms with Gasteiger partial charge in [-0.3, -0.25) is 14.6 Å². The molecule has 7 N–H and O–H groups in total. The van der Waals surface area contributed by atoms with E-state index in [4.69, 9.17) is 44.6 Å². The third-order valence-corrected chi connectivity index (χ3v) is 8.05. The Morgan fingerprint density at radius 1 is 1.04 bits per heavy atom.